The van der Waals surface area contributed by atoms with Crippen LogP contribution >= 0.6 is 0 Å². The van der Waals surface area contributed by atoms with E-state index in [4.69, 9.17) is 0 Å². The Bertz CT molecular complexity index is 932. The highest BCUT2D eigenvalue weighted by atomic mass is 16.2. The lowest BCUT2D eigenvalue weighted by Gasteiger charge is -2.10. The van der Waals surface area contributed by atoms with E-state index in [1.54, 1.807) is 12.4 Å². The van der Waals surface area contributed by atoms with E-state index >= 15 is 0 Å². The molecule has 3 aromatic rings. The normalized spacial score (nSPS) is 10.7. The van der Waals surface area contributed by atoms with E-state index in [0.29, 0.717) is 12.2 Å². The number of aryl methyl sites for hydroxylation is 1. The monoisotopic (exact) mass is 350 g/mol. The van der Waals surface area contributed by atoms with Crippen LogP contribution in [0.1, 0.15) is 36.3 Å². The number of anilines is 1. The van der Waals surface area contributed by atoms with Crippen molar-refractivity contribution < 1.29 is 9.59 Å². The van der Waals surface area contributed by atoms with Crippen LogP contribution in [0.3, 0.4) is 0 Å². The Hall–Kier alpha value is -3.15. The average Bonchev–Trinajstić information content (AvgIpc) is 2.98. The van der Waals surface area contributed by atoms with Gasteiger partial charge in [-0.25, -0.2) is 0 Å². The third-order valence-electron chi connectivity index (χ3n) is 4.10. The number of benzene rings is 1. The summed E-state index contributed by atoms with van der Waals surface area (Å²) in [5.74, 6) is -0.236. The molecule has 0 aliphatic rings. The van der Waals surface area contributed by atoms with Crippen LogP contribution < -0.4 is 10.6 Å². The summed E-state index contributed by atoms with van der Waals surface area (Å²) in [6.45, 7) is 4.76. The van der Waals surface area contributed by atoms with Crippen LogP contribution in [0.2, 0.25) is 0 Å². The van der Waals surface area contributed by atoms with Gasteiger partial charge in [-0.05, 0) is 48.4 Å². The van der Waals surface area contributed by atoms with Gasteiger partial charge in [-0.3, -0.25) is 14.6 Å². The Balaban J connectivity index is 1.88. The Morgan fingerprint density at radius 2 is 1.88 bits per heavy atom. The zero-order valence-corrected chi connectivity index (χ0v) is 15.0. The second kappa shape index (κ2) is 7.82. The summed E-state index contributed by atoms with van der Waals surface area (Å²) in [6.07, 6.45) is 4.33. The number of rotatable bonds is 6. The molecule has 0 atom stereocenters. The Morgan fingerprint density at radius 3 is 2.58 bits per heavy atom. The van der Waals surface area contributed by atoms with E-state index in [-0.39, 0.29) is 11.8 Å². The van der Waals surface area contributed by atoms with Crippen molar-refractivity contribution in [1.82, 2.24) is 14.9 Å². The number of pyridine rings is 1. The summed E-state index contributed by atoms with van der Waals surface area (Å²) >= 11 is 0. The summed E-state index contributed by atoms with van der Waals surface area (Å²) < 4.78 is 2.02. The second-order valence-electron chi connectivity index (χ2n) is 6.17. The molecule has 2 heterocycles. The number of fused-ring (bicyclic) bond motifs is 1. The van der Waals surface area contributed by atoms with Gasteiger partial charge in [0.2, 0.25) is 5.91 Å². The number of nitrogens with one attached hydrogen (secondary N) is 2. The van der Waals surface area contributed by atoms with Crippen molar-refractivity contribution in [2.75, 3.05) is 5.32 Å². The summed E-state index contributed by atoms with van der Waals surface area (Å²) in [5.41, 5.74) is 3.33. The Morgan fingerprint density at radius 1 is 1.12 bits per heavy atom. The number of carbonyl (C=O) groups excluding carboxylic acids is 2. The third kappa shape index (κ3) is 3.91. The molecule has 0 bridgehead atoms. The number of amides is 2. The maximum Gasteiger partial charge on any atom is 0.268 e. The molecule has 134 valence electrons. The zero-order chi connectivity index (χ0) is 18.5. The molecule has 26 heavy (non-hydrogen) atoms. The molecule has 6 nitrogen and oxygen atoms in total. The van der Waals surface area contributed by atoms with Gasteiger partial charge in [0, 0.05) is 49.0 Å². The average molecular weight is 350 g/mol. The minimum absolute atomic E-state index is 0.118. The summed E-state index contributed by atoms with van der Waals surface area (Å²) in [5, 5.41) is 6.67. The predicted molar refractivity (Wildman–Crippen MR) is 102 cm³/mol. The quantitative estimate of drug-likeness (QED) is 0.716. The van der Waals surface area contributed by atoms with Crippen LogP contribution in [-0.2, 0) is 17.9 Å². The smallest absolute Gasteiger partial charge is 0.268 e. The molecule has 0 radical (unpaired) electrons. The molecule has 1 aromatic carbocycles. The van der Waals surface area contributed by atoms with Gasteiger partial charge < -0.3 is 15.2 Å². The number of hydrogen-bond acceptors (Lipinski definition) is 3. The van der Waals surface area contributed by atoms with Gasteiger partial charge >= 0.3 is 0 Å². The van der Waals surface area contributed by atoms with E-state index in [1.165, 1.54) is 6.92 Å². The van der Waals surface area contributed by atoms with E-state index in [9.17, 15) is 9.59 Å². The van der Waals surface area contributed by atoms with Crippen LogP contribution in [0, 0.1) is 0 Å². The maximum atomic E-state index is 12.7. The van der Waals surface area contributed by atoms with Crippen LogP contribution in [0.5, 0.6) is 0 Å². The van der Waals surface area contributed by atoms with Gasteiger partial charge in [0.15, 0.2) is 0 Å². The van der Waals surface area contributed by atoms with Crippen LogP contribution in [0.15, 0.2) is 48.8 Å². The molecule has 0 saturated heterocycles. The fourth-order valence-electron chi connectivity index (χ4n) is 2.98. The van der Waals surface area contributed by atoms with Crippen molar-refractivity contribution in [2.24, 2.45) is 0 Å². The van der Waals surface area contributed by atoms with Gasteiger partial charge in [-0.2, -0.15) is 0 Å². The van der Waals surface area contributed by atoms with Crippen LogP contribution in [0.4, 0.5) is 5.69 Å². The molecule has 6 heteroatoms. The molecular weight excluding hydrogens is 328 g/mol. The number of hydrogen-bond donors (Lipinski definition) is 2. The van der Waals surface area contributed by atoms with Gasteiger partial charge in [-0.15, -0.1) is 0 Å². The van der Waals surface area contributed by atoms with Gasteiger partial charge in [0.1, 0.15) is 5.69 Å². The number of nitrogens with zero attached hydrogens (tertiary/aromatic N) is 2. The number of aromatic nitrogens is 2. The predicted octanol–water partition coefficient (Wildman–Crippen LogP) is 3.33. The molecule has 0 aliphatic heterocycles. The molecule has 2 N–H and O–H groups in total. The summed E-state index contributed by atoms with van der Waals surface area (Å²) in [7, 11) is 0. The van der Waals surface area contributed by atoms with Crippen molar-refractivity contribution in [2.45, 2.75) is 33.4 Å². The van der Waals surface area contributed by atoms with Crippen LogP contribution in [-0.4, -0.2) is 21.4 Å². The first kappa shape index (κ1) is 17.7. The highest BCUT2D eigenvalue weighted by Crippen LogP contribution is 2.24. The van der Waals surface area contributed by atoms with Gasteiger partial charge in [-0.1, -0.05) is 6.92 Å². The summed E-state index contributed by atoms with van der Waals surface area (Å²) in [6, 6.07) is 11.3. The molecule has 0 aliphatic carbocycles. The molecule has 3 rings (SSSR count). The minimum atomic E-state index is -0.118. The Kier molecular flexibility index (Phi) is 5.31. The SMILES string of the molecule is CCCn1c(C(=O)NCc2ccncc2)cc2cc(NC(C)=O)ccc21. The molecule has 2 aromatic heterocycles. The minimum Gasteiger partial charge on any atom is -0.347 e. The third-order valence-corrected chi connectivity index (χ3v) is 4.10. The largest absolute Gasteiger partial charge is 0.347 e. The first-order chi connectivity index (χ1) is 12.6. The van der Waals surface area contributed by atoms with E-state index in [0.717, 1.165) is 35.1 Å². The lowest BCUT2D eigenvalue weighted by molar-refractivity contribution is -0.114. The molecule has 0 spiro atoms. The second-order valence-corrected chi connectivity index (χ2v) is 6.17. The van der Waals surface area contributed by atoms with Crippen LogP contribution in [0.25, 0.3) is 10.9 Å². The van der Waals surface area contributed by atoms with Crippen molar-refractivity contribution in [3.05, 3.63) is 60.0 Å². The summed E-state index contributed by atoms with van der Waals surface area (Å²) in [4.78, 5) is 28.0. The highest BCUT2D eigenvalue weighted by molar-refractivity contribution is 6.00. The van der Waals surface area contributed by atoms with E-state index < -0.39 is 0 Å². The van der Waals surface area contributed by atoms with Crippen molar-refractivity contribution in [3.8, 4) is 0 Å². The maximum absolute atomic E-state index is 12.7. The fourth-order valence-corrected chi connectivity index (χ4v) is 2.98. The zero-order valence-electron chi connectivity index (χ0n) is 15.0. The van der Waals surface area contributed by atoms with Crippen molar-refractivity contribution in [3.63, 3.8) is 0 Å². The lowest BCUT2D eigenvalue weighted by atomic mass is 10.2. The first-order valence-electron chi connectivity index (χ1n) is 8.66. The number of carbonyl (C=O) groups is 2. The van der Waals surface area contributed by atoms with Crippen molar-refractivity contribution in [1.29, 1.82) is 0 Å². The first-order valence-corrected chi connectivity index (χ1v) is 8.66. The molecule has 0 unspecified atom stereocenters. The fraction of sp³-hybridized carbons (Fsp3) is 0.250. The molecule has 0 saturated carbocycles. The van der Waals surface area contributed by atoms with E-state index in [2.05, 4.69) is 22.5 Å². The topological polar surface area (TPSA) is 76.0 Å². The standard InChI is InChI=1S/C20H22N4O2/c1-3-10-24-18-5-4-17(23-14(2)25)11-16(18)12-19(24)20(26)22-13-15-6-8-21-9-7-15/h4-9,11-12H,3,10,13H2,1-2H3,(H,22,26)(H,23,25). The van der Waals surface area contributed by atoms with E-state index in [1.807, 2.05) is 41.0 Å². The van der Waals surface area contributed by atoms with Gasteiger partial charge in [0.05, 0.1) is 0 Å². The molecular formula is C20H22N4O2. The van der Waals surface area contributed by atoms with Crippen molar-refractivity contribution >= 4 is 28.4 Å². The molecule has 0 fully saturated rings. The lowest BCUT2D eigenvalue weighted by Crippen LogP contribution is -2.25. The highest BCUT2D eigenvalue weighted by Gasteiger charge is 2.15. The van der Waals surface area contributed by atoms with Gasteiger partial charge in [0.25, 0.3) is 5.91 Å². The Labute approximate surface area is 152 Å². The molecule has 2 amide bonds.